The van der Waals surface area contributed by atoms with Gasteiger partial charge in [0.25, 0.3) is 0 Å². The van der Waals surface area contributed by atoms with E-state index in [0.717, 1.165) is 0 Å². The topological polar surface area (TPSA) is 56.3 Å². The Kier molecular flexibility index (Phi) is 5.06. The van der Waals surface area contributed by atoms with Crippen LogP contribution in [-0.2, 0) is 6.18 Å². The predicted molar refractivity (Wildman–Crippen MR) is 78.3 cm³/mol. The second kappa shape index (κ2) is 6.44. The third kappa shape index (κ3) is 3.07. The maximum atomic E-state index is 13.3. The van der Waals surface area contributed by atoms with E-state index >= 15 is 0 Å². The first kappa shape index (κ1) is 18.9. The lowest BCUT2D eigenvalue weighted by atomic mass is 10.2. The summed E-state index contributed by atoms with van der Waals surface area (Å²) < 4.78 is 64.8. The van der Waals surface area contributed by atoms with Crippen LogP contribution in [0.2, 0.25) is 10.0 Å². The summed E-state index contributed by atoms with van der Waals surface area (Å²) in [4.78, 5) is 0. The zero-order valence-electron chi connectivity index (χ0n) is 11.3. The molecule has 0 fully saturated rings. The fourth-order valence-corrected chi connectivity index (χ4v) is 3.04. The molecule has 1 unspecified atom stereocenters. The summed E-state index contributed by atoms with van der Waals surface area (Å²) in [5.41, 5.74) is 1.97. The molecule has 0 saturated heterocycles. The van der Waals surface area contributed by atoms with Crippen molar-refractivity contribution in [2.24, 2.45) is 5.73 Å². The molecule has 4 nitrogen and oxygen atoms in total. The van der Waals surface area contributed by atoms with Crippen LogP contribution in [-0.4, -0.2) is 17.1 Å². The van der Waals surface area contributed by atoms with Crippen molar-refractivity contribution >= 4 is 40.5 Å². The summed E-state index contributed by atoms with van der Waals surface area (Å²) >= 11 is 17.4. The van der Waals surface area contributed by atoms with Gasteiger partial charge >= 0.3 is 12.7 Å². The van der Waals surface area contributed by atoms with Gasteiger partial charge in [0.05, 0.1) is 21.3 Å². The van der Waals surface area contributed by atoms with E-state index in [1.54, 1.807) is 6.07 Å². The first-order valence-corrected chi connectivity index (χ1v) is 7.16. The number of hydrogen-bond acceptors (Lipinski definition) is 4. The number of anilines is 1. The lowest BCUT2D eigenvalue weighted by Crippen LogP contribution is -2.45. The number of nitrogens with zero attached hydrogens (tertiary/aromatic N) is 3. The van der Waals surface area contributed by atoms with Crippen molar-refractivity contribution in [2.45, 2.75) is 18.2 Å². The summed E-state index contributed by atoms with van der Waals surface area (Å²) in [6, 6.07) is 2.58. The number of halogens is 8. The average Bonchev–Trinajstić information content (AvgIpc) is 2.68. The van der Waals surface area contributed by atoms with Crippen LogP contribution >= 0.6 is 34.8 Å². The monoisotopic (exact) mass is 406 g/mol. The quantitative estimate of drug-likeness (QED) is 0.445. The molecule has 1 aliphatic rings. The molecule has 1 heterocycles. The van der Waals surface area contributed by atoms with Crippen LogP contribution in [0.1, 0.15) is 5.56 Å². The van der Waals surface area contributed by atoms with Crippen LogP contribution in [0, 0.1) is 11.3 Å². The maximum Gasteiger partial charge on any atom is 0.416 e. The number of rotatable bonds is 2. The first-order valence-electron chi connectivity index (χ1n) is 5.97. The fourth-order valence-electron chi connectivity index (χ4n) is 2.06. The van der Waals surface area contributed by atoms with Crippen LogP contribution in [0.5, 0.6) is 0 Å². The number of hydrazine groups is 1. The lowest BCUT2D eigenvalue weighted by molar-refractivity contribution is -0.137. The molecule has 0 spiro atoms. The highest BCUT2D eigenvalue weighted by Gasteiger charge is 2.44. The molecule has 0 aliphatic carbocycles. The van der Waals surface area contributed by atoms with E-state index in [9.17, 15) is 22.0 Å². The highest BCUT2D eigenvalue weighted by Crippen LogP contribution is 2.45. The molecule has 1 aliphatic heterocycles. The van der Waals surface area contributed by atoms with E-state index in [-0.39, 0.29) is 5.01 Å². The Bertz CT molecular complexity index is 720. The van der Waals surface area contributed by atoms with E-state index in [0.29, 0.717) is 17.1 Å². The van der Waals surface area contributed by atoms with Gasteiger partial charge in [-0.2, -0.15) is 27.2 Å². The summed E-state index contributed by atoms with van der Waals surface area (Å²) in [6.07, 6.45) is -4.74. The third-order valence-corrected chi connectivity index (χ3v) is 4.08. The molecule has 2 N–H and O–H groups in total. The number of alkyl halides is 6. The van der Waals surface area contributed by atoms with Gasteiger partial charge in [-0.25, -0.2) is 5.01 Å². The van der Waals surface area contributed by atoms with Gasteiger partial charge in [0.1, 0.15) is 23.0 Å². The largest absolute Gasteiger partial charge is 0.416 e. The van der Waals surface area contributed by atoms with Gasteiger partial charge in [-0.3, -0.25) is 0 Å². The molecule has 0 bridgehead atoms. The molecular weight excluding hydrogens is 402 g/mol. The van der Waals surface area contributed by atoms with Crippen molar-refractivity contribution in [3.63, 3.8) is 0 Å². The maximum absolute atomic E-state index is 13.3. The minimum absolute atomic E-state index is 0.176. The van der Waals surface area contributed by atoms with Crippen LogP contribution in [0.4, 0.5) is 27.6 Å². The van der Waals surface area contributed by atoms with Gasteiger partial charge in [-0.05, 0) is 12.1 Å². The van der Waals surface area contributed by atoms with Gasteiger partial charge in [-0.1, -0.05) is 34.8 Å². The summed E-state index contributed by atoms with van der Waals surface area (Å²) in [5.74, 6) is -0.513. The van der Waals surface area contributed by atoms with Gasteiger partial charge in [-0.15, -0.1) is 5.01 Å². The van der Waals surface area contributed by atoms with E-state index in [1.165, 1.54) is 0 Å². The number of nitriles is 1. The van der Waals surface area contributed by atoms with Gasteiger partial charge in [0.2, 0.25) is 0 Å². The summed E-state index contributed by atoms with van der Waals surface area (Å²) in [5, 5.41) is 8.50. The molecule has 0 saturated carbocycles. The van der Waals surface area contributed by atoms with Gasteiger partial charge < -0.3 is 5.73 Å². The van der Waals surface area contributed by atoms with Crippen molar-refractivity contribution in [2.75, 3.05) is 5.01 Å². The normalized spacial score (nSPS) is 19.3. The standard InChI is InChI=1S/C12H6Cl3F5N4/c13-6-1-4(12(18,19)20)2-7(14)8(6)23-10(22)5(3-21)9(15)24(23)11(16)17/h1-2,9,11H,22H2. The molecule has 0 aromatic heterocycles. The lowest BCUT2D eigenvalue weighted by Gasteiger charge is -2.32. The Morgan fingerprint density at radius 3 is 2.08 bits per heavy atom. The van der Waals surface area contributed by atoms with Gasteiger partial charge in [0, 0.05) is 0 Å². The molecule has 24 heavy (non-hydrogen) atoms. The molecule has 0 radical (unpaired) electrons. The van der Waals surface area contributed by atoms with Crippen LogP contribution in [0.3, 0.4) is 0 Å². The Balaban J connectivity index is 2.66. The van der Waals surface area contributed by atoms with Crippen molar-refractivity contribution in [3.8, 4) is 6.07 Å². The molecule has 1 aromatic rings. The summed E-state index contributed by atoms with van der Waals surface area (Å²) in [7, 11) is 0. The van der Waals surface area contributed by atoms with E-state index in [4.69, 9.17) is 45.8 Å². The third-order valence-electron chi connectivity index (χ3n) is 3.08. The van der Waals surface area contributed by atoms with Crippen molar-refractivity contribution in [1.82, 2.24) is 5.01 Å². The minimum atomic E-state index is -4.74. The SMILES string of the molecule is N#CC1=C(N)N(c2c(Cl)cc(C(F)(F)F)cc2Cl)N(C(F)F)C1Cl. The summed E-state index contributed by atoms with van der Waals surface area (Å²) in [6.45, 7) is -3.23. The van der Waals surface area contributed by atoms with Crippen molar-refractivity contribution < 1.29 is 22.0 Å². The smallest absolute Gasteiger partial charge is 0.383 e. The van der Waals surface area contributed by atoms with Crippen LogP contribution < -0.4 is 10.7 Å². The Morgan fingerprint density at radius 1 is 1.21 bits per heavy atom. The van der Waals surface area contributed by atoms with Crippen molar-refractivity contribution in [1.29, 1.82) is 5.26 Å². The predicted octanol–water partition coefficient (Wildman–Crippen LogP) is 4.53. The molecule has 1 atom stereocenters. The molecule has 2 rings (SSSR count). The average molecular weight is 408 g/mol. The Labute approximate surface area is 147 Å². The van der Waals surface area contributed by atoms with Crippen LogP contribution in [0.25, 0.3) is 0 Å². The van der Waals surface area contributed by atoms with E-state index < -0.39 is 50.9 Å². The van der Waals surface area contributed by atoms with E-state index in [2.05, 4.69) is 0 Å². The number of hydrogen-bond donors (Lipinski definition) is 1. The van der Waals surface area contributed by atoms with Gasteiger partial charge in [0.15, 0.2) is 0 Å². The zero-order valence-corrected chi connectivity index (χ0v) is 13.5. The first-order chi connectivity index (χ1) is 11.0. The van der Waals surface area contributed by atoms with Crippen LogP contribution in [0.15, 0.2) is 23.5 Å². The molecule has 1 aromatic carbocycles. The molecule has 0 amide bonds. The molecule has 130 valence electrons. The number of nitrogens with two attached hydrogens (primary N) is 1. The van der Waals surface area contributed by atoms with E-state index in [1.807, 2.05) is 0 Å². The highest BCUT2D eigenvalue weighted by atomic mass is 35.5. The Hall–Kier alpha value is -1.47. The Morgan fingerprint density at radius 2 is 1.71 bits per heavy atom. The second-order valence-corrected chi connectivity index (χ2v) is 5.73. The number of benzene rings is 1. The fraction of sp³-hybridized carbons (Fsp3) is 0.250. The van der Waals surface area contributed by atoms with Crippen molar-refractivity contribution in [3.05, 3.63) is 39.1 Å². The molecular formula is C12H6Cl3F5N4. The minimum Gasteiger partial charge on any atom is -0.383 e. The highest BCUT2D eigenvalue weighted by molar-refractivity contribution is 6.39. The zero-order chi connectivity index (χ0) is 18.4. The second-order valence-electron chi connectivity index (χ2n) is 4.50. The molecule has 12 heteroatoms.